The molecule has 1 aromatic carbocycles. The van der Waals surface area contributed by atoms with E-state index >= 15 is 0 Å². The Balaban J connectivity index is 1.72. The predicted octanol–water partition coefficient (Wildman–Crippen LogP) is 3.67. The van der Waals surface area contributed by atoms with Crippen LogP contribution in [0.4, 0.5) is 4.39 Å². The van der Waals surface area contributed by atoms with Crippen molar-refractivity contribution in [1.82, 2.24) is 14.9 Å². The van der Waals surface area contributed by atoms with Gasteiger partial charge in [0.1, 0.15) is 11.5 Å². The molecule has 36 heavy (non-hydrogen) atoms. The van der Waals surface area contributed by atoms with Gasteiger partial charge in [-0.05, 0) is 36.8 Å². The molecule has 2 aliphatic heterocycles. The summed E-state index contributed by atoms with van der Waals surface area (Å²) < 4.78 is 12.5. The van der Waals surface area contributed by atoms with E-state index in [0.29, 0.717) is 46.2 Å². The molecule has 3 aromatic rings. The number of fused-ring (bicyclic) bond motifs is 1. The molecule has 5 rings (SSSR count). The van der Waals surface area contributed by atoms with Crippen molar-refractivity contribution in [2.24, 2.45) is 15.8 Å². The summed E-state index contributed by atoms with van der Waals surface area (Å²) >= 11 is 0. The number of rotatable bonds is 6. The van der Waals surface area contributed by atoms with Crippen LogP contribution in [0.2, 0.25) is 0 Å². The average molecular weight is 488 g/mol. The lowest BCUT2D eigenvalue weighted by molar-refractivity contribution is -0.918. The van der Waals surface area contributed by atoms with Crippen LogP contribution in [0.1, 0.15) is 47.6 Å². The van der Waals surface area contributed by atoms with Crippen molar-refractivity contribution in [2.75, 3.05) is 6.67 Å². The number of quaternary nitrogens is 1. The number of hydrogen-bond donors (Lipinski definition) is 2. The van der Waals surface area contributed by atoms with Gasteiger partial charge in [-0.2, -0.15) is 0 Å². The summed E-state index contributed by atoms with van der Waals surface area (Å²) in [7, 11) is 0. The van der Waals surface area contributed by atoms with Crippen LogP contribution in [0.5, 0.6) is 0 Å². The summed E-state index contributed by atoms with van der Waals surface area (Å²) in [5.41, 5.74) is 10.7. The minimum absolute atomic E-state index is 0.106. The molecule has 0 radical (unpaired) electrons. The summed E-state index contributed by atoms with van der Waals surface area (Å²) in [5, 5.41) is 28.7. The minimum Gasteiger partial charge on any atom is -0.603 e. The van der Waals surface area contributed by atoms with E-state index in [2.05, 4.69) is 15.1 Å². The Kier molecular flexibility index (Phi) is 6.09. The van der Waals surface area contributed by atoms with E-state index in [1.165, 1.54) is 12.1 Å². The number of amidine groups is 1. The van der Waals surface area contributed by atoms with Crippen molar-refractivity contribution in [3.05, 3.63) is 100 Å². The first-order valence-corrected chi connectivity index (χ1v) is 11.6. The number of nitrogens with zero attached hydrogens (tertiary/aromatic N) is 6. The van der Waals surface area contributed by atoms with Crippen molar-refractivity contribution in [3.63, 3.8) is 0 Å². The van der Waals surface area contributed by atoms with E-state index in [0.717, 1.165) is 11.8 Å². The lowest BCUT2D eigenvalue weighted by atomic mass is 9.96. The zero-order valence-electron chi connectivity index (χ0n) is 20.0. The number of nitrogens with two attached hydrogens (primary N) is 1. The first kappa shape index (κ1) is 23.7. The first-order chi connectivity index (χ1) is 17.3. The number of aromatic nitrogens is 2. The molecule has 3 N–H and O–H groups in total. The highest BCUT2D eigenvalue weighted by molar-refractivity contribution is 6.35. The molecule has 0 aliphatic carbocycles. The number of aliphatic hydroxyl groups is 1. The van der Waals surface area contributed by atoms with Gasteiger partial charge in [-0.1, -0.05) is 42.4 Å². The fourth-order valence-corrected chi connectivity index (χ4v) is 4.71. The number of hydrogen-bond acceptors (Lipinski definition) is 8. The number of halogens is 1. The summed E-state index contributed by atoms with van der Waals surface area (Å²) in [4.78, 5) is 14.8. The molecule has 0 spiro atoms. The standard InChI is InChI=1S/C26H26FN7O2/c1-3-22(21-10-9-19(27)13-29-21)34(36)15-33-25(32-34)23(18-11-16(2)30-20(12-18)14-35)24(31-26(33)28)17-7-5-4-6-8-17/h4-13,22,35H,3,14-15H2,1-2H3,(H2,28,31). The van der Waals surface area contributed by atoms with Gasteiger partial charge in [0.2, 0.25) is 11.8 Å². The zero-order valence-corrected chi connectivity index (χ0v) is 20.0. The van der Waals surface area contributed by atoms with Crippen LogP contribution in [0.3, 0.4) is 0 Å². The van der Waals surface area contributed by atoms with Crippen LogP contribution in [0.15, 0.2) is 70.9 Å². The van der Waals surface area contributed by atoms with E-state index in [4.69, 9.17) is 10.7 Å². The second-order valence-corrected chi connectivity index (χ2v) is 8.78. The number of pyridine rings is 2. The molecule has 0 fully saturated rings. The minimum atomic E-state index is -0.997. The van der Waals surface area contributed by atoms with E-state index < -0.39 is 16.6 Å². The Morgan fingerprint density at radius 3 is 2.61 bits per heavy atom. The predicted molar refractivity (Wildman–Crippen MR) is 135 cm³/mol. The van der Waals surface area contributed by atoms with Gasteiger partial charge in [0, 0.05) is 17.7 Å². The highest BCUT2D eigenvalue weighted by Gasteiger charge is 2.45. The Morgan fingerprint density at radius 2 is 1.94 bits per heavy atom. The third-order valence-electron chi connectivity index (χ3n) is 6.30. The molecular weight excluding hydrogens is 461 g/mol. The molecule has 0 amide bonds. The molecular formula is C26H26FN7O2. The number of aliphatic hydroxyl groups excluding tert-OH is 1. The van der Waals surface area contributed by atoms with Crippen LogP contribution in [-0.2, 0) is 6.61 Å². The van der Waals surface area contributed by atoms with Crippen molar-refractivity contribution in [2.45, 2.75) is 32.9 Å². The van der Waals surface area contributed by atoms with E-state index in [-0.39, 0.29) is 19.2 Å². The maximum absolute atomic E-state index is 14.2. The van der Waals surface area contributed by atoms with Gasteiger partial charge in [0.15, 0.2) is 12.7 Å². The zero-order chi connectivity index (χ0) is 25.4. The summed E-state index contributed by atoms with van der Waals surface area (Å²) in [6.45, 7) is 3.36. The average Bonchev–Trinajstić information content (AvgIpc) is 3.24. The first-order valence-electron chi connectivity index (χ1n) is 11.6. The van der Waals surface area contributed by atoms with Gasteiger partial charge >= 0.3 is 0 Å². The summed E-state index contributed by atoms with van der Waals surface area (Å²) in [6, 6.07) is 15.3. The highest BCUT2D eigenvalue weighted by Crippen LogP contribution is 2.41. The number of aliphatic imine (C=N–C) groups is 1. The summed E-state index contributed by atoms with van der Waals surface area (Å²) in [5.74, 6) is 0.0618. The van der Waals surface area contributed by atoms with E-state index in [1.807, 2.05) is 50.2 Å². The topological polar surface area (TPSA) is 123 Å². The molecule has 2 atom stereocenters. The van der Waals surface area contributed by atoms with E-state index in [1.54, 1.807) is 11.0 Å². The lowest BCUT2D eigenvalue weighted by Gasteiger charge is -2.39. The lowest BCUT2D eigenvalue weighted by Crippen LogP contribution is -2.48. The SMILES string of the molecule is CCC(c1ccc(F)cn1)[N+]1([O-])CN2C(N)=NC(c3ccccc3)=C(c3cc(C)nc(CO)c3)C2=N1. The molecule has 0 saturated heterocycles. The van der Waals surface area contributed by atoms with Crippen LogP contribution in [0.25, 0.3) is 11.3 Å². The molecule has 2 aromatic heterocycles. The number of guanidine groups is 1. The fraction of sp³-hybridized carbons (Fsp3) is 0.231. The second kappa shape index (κ2) is 9.23. The molecule has 4 heterocycles. The Morgan fingerprint density at radius 1 is 1.17 bits per heavy atom. The smallest absolute Gasteiger partial charge is 0.207 e. The van der Waals surface area contributed by atoms with Gasteiger partial charge in [0.25, 0.3) is 0 Å². The largest absolute Gasteiger partial charge is 0.603 e. The van der Waals surface area contributed by atoms with Crippen molar-refractivity contribution < 1.29 is 14.3 Å². The van der Waals surface area contributed by atoms with Crippen molar-refractivity contribution in [1.29, 1.82) is 0 Å². The van der Waals surface area contributed by atoms with Gasteiger partial charge < -0.3 is 16.0 Å². The Hall–Kier alpha value is -3.99. The summed E-state index contributed by atoms with van der Waals surface area (Å²) in [6.07, 6.45) is 1.53. The molecule has 10 heteroatoms. The van der Waals surface area contributed by atoms with Crippen LogP contribution >= 0.6 is 0 Å². The highest BCUT2D eigenvalue weighted by atomic mass is 19.1. The number of hydroxylamine groups is 2. The second-order valence-electron chi connectivity index (χ2n) is 8.78. The maximum atomic E-state index is 14.2. The normalized spacial score (nSPS) is 20.2. The number of aryl methyl sites for hydroxylation is 1. The molecule has 2 aliphatic rings. The molecule has 2 unspecified atom stereocenters. The van der Waals surface area contributed by atoms with Crippen LogP contribution in [0, 0.1) is 17.9 Å². The Labute approximate surface area is 207 Å². The van der Waals surface area contributed by atoms with Gasteiger partial charge in [-0.25, -0.2) is 19.0 Å². The van der Waals surface area contributed by atoms with Gasteiger partial charge in [0.05, 0.1) is 29.8 Å². The molecule has 184 valence electrons. The van der Waals surface area contributed by atoms with Crippen LogP contribution in [-0.4, -0.2) is 43.2 Å². The Bertz CT molecular complexity index is 1390. The monoisotopic (exact) mass is 487 g/mol. The third-order valence-corrected chi connectivity index (χ3v) is 6.30. The van der Waals surface area contributed by atoms with E-state index in [9.17, 15) is 14.7 Å². The van der Waals surface area contributed by atoms with Crippen LogP contribution < -0.4 is 5.73 Å². The quantitative estimate of drug-likeness (QED) is 0.404. The van der Waals surface area contributed by atoms with Crippen molar-refractivity contribution >= 4 is 23.1 Å². The maximum Gasteiger partial charge on any atom is 0.207 e. The van der Waals surface area contributed by atoms with Gasteiger partial charge in [-0.3, -0.25) is 9.97 Å². The van der Waals surface area contributed by atoms with Crippen molar-refractivity contribution in [3.8, 4) is 0 Å². The fourth-order valence-electron chi connectivity index (χ4n) is 4.71. The number of benzene rings is 1. The third kappa shape index (κ3) is 4.15. The van der Waals surface area contributed by atoms with Gasteiger partial charge in [-0.15, -0.1) is 0 Å². The molecule has 0 saturated carbocycles. The molecule has 0 bridgehead atoms. The molecule has 9 nitrogen and oxygen atoms in total.